The number of anilines is 1. The Labute approximate surface area is 104 Å². The Morgan fingerprint density at radius 1 is 1.47 bits per heavy atom. The number of pyridine rings is 1. The summed E-state index contributed by atoms with van der Waals surface area (Å²) in [7, 11) is 2.19. The van der Waals surface area contributed by atoms with Crippen LogP contribution < -0.4 is 10.2 Å². The summed E-state index contributed by atoms with van der Waals surface area (Å²) in [5, 5.41) is 3.31. The van der Waals surface area contributed by atoms with Gasteiger partial charge in [-0.25, -0.2) is 0 Å². The number of nitrogens with one attached hydrogen (secondary N) is 1. The van der Waals surface area contributed by atoms with Crippen molar-refractivity contribution in [2.75, 3.05) is 25.0 Å². The number of nitrogens with zero attached hydrogens (tertiary/aromatic N) is 2. The summed E-state index contributed by atoms with van der Waals surface area (Å²) in [6.07, 6.45) is 6.14. The van der Waals surface area contributed by atoms with Crippen molar-refractivity contribution in [1.82, 2.24) is 10.3 Å². The lowest BCUT2D eigenvalue weighted by molar-refractivity contribution is 0.321. The van der Waals surface area contributed by atoms with E-state index in [9.17, 15) is 0 Å². The molecule has 17 heavy (non-hydrogen) atoms. The minimum Gasteiger partial charge on any atom is -0.374 e. The van der Waals surface area contributed by atoms with Gasteiger partial charge in [-0.05, 0) is 37.4 Å². The molecule has 1 fully saturated rings. The van der Waals surface area contributed by atoms with Gasteiger partial charge in [0.15, 0.2) is 0 Å². The summed E-state index contributed by atoms with van der Waals surface area (Å²) in [6, 6.07) is 4.30. The van der Waals surface area contributed by atoms with Crippen LogP contribution in [0.4, 0.5) is 5.69 Å². The highest BCUT2D eigenvalue weighted by Gasteiger charge is 2.19. The Hall–Kier alpha value is -1.09. The van der Waals surface area contributed by atoms with Crippen LogP contribution in [0, 0.1) is 5.92 Å². The normalized spacial score (nSPS) is 15.6. The highest BCUT2D eigenvalue weighted by atomic mass is 15.1. The quantitative estimate of drug-likeness (QED) is 0.818. The van der Waals surface area contributed by atoms with Crippen molar-refractivity contribution in [3.8, 4) is 0 Å². The van der Waals surface area contributed by atoms with Crippen molar-refractivity contribution >= 4 is 5.69 Å². The van der Waals surface area contributed by atoms with E-state index in [1.165, 1.54) is 31.5 Å². The van der Waals surface area contributed by atoms with Crippen LogP contribution in [0.1, 0.15) is 31.9 Å². The van der Waals surface area contributed by atoms with Crippen molar-refractivity contribution in [3.63, 3.8) is 0 Å². The molecule has 1 saturated carbocycles. The second kappa shape index (κ2) is 6.01. The molecule has 2 rings (SSSR count). The molecular formula is C14H23N3. The predicted molar refractivity (Wildman–Crippen MR) is 72.2 cm³/mol. The molecule has 0 aromatic carbocycles. The molecule has 1 N–H and O–H groups in total. The standard InChI is InChI=1S/C14H23N3/c1-3-15-10-13-9-14(7-8-16-13)17(2)11-12-5-4-6-12/h7-9,12,15H,3-6,10-11H2,1-2H3. The van der Waals surface area contributed by atoms with Crippen LogP contribution in [0.5, 0.6) is 0 Å². The van der Waals surface area contributed by atoms with Gasteiger partial charge in [0.2, 0.25) is 0 Å². The van der Waals surface area contributed by atoms with Gasteiger partial charge in [0.05, 0.1) is 5.69 Å². The molecule has 3 nitrogen and oxygen atoms in total. The minimum atomic E-state index is 0.863. The summed E-state index contributed by atoms with van der Waals surface area (Å²) < 4.78 is 0. The molecule has 0 radical (unpaired) electrons. The van der Waals surface area contributed by atoms with E-state index in [-0.39, 0.29) is 0 Å². The van der Waals surface area contributed by atoms with E-state index in [2.05, 4.69) is 41.3 Å². The van der Waals surface area contributed by atoms with Crippen LogP contribution in [0.2, 0.25) is 0 Å². The van der Waals surface area contributed by atoms with E-state index >= 15 is 0 Å². The van der Waals surface area contributed by atoms with Gasteiger partial charge in [0.1, 0.15) is 0 Å². The molecular weight excluding hydrogens is 210 g/mol. The minimum absolute atomic E-state index is 0.863. The number of hydrogen-bond acceptors (Lipinski definition) is 3. The monoisotopic (exact) mass is 233 g/mol. The van der Waals surface area contributed by atoms with Crippen LogP contribution in [0.3, 0.4) is 0 Å². The third kappa shape index (κ3) is 3.43. The van der Waals surface area contributed by atoms with E-state index in [1.54, 1.807) is 0 Å². The van der Waals surface area contributed by atoms with Gasteiger partial charge in [-0.1, -0.05) is 13.3 Å². The highest BCUT2D eigenvalue weighted by molar-refractivity contribution is 5.45. The summed E-state index contributed by atoms with van der Waals surface area (Å²) in [5.74, 6) is 0.908. The van der Waals surface area contributed by atoms with E-state index < -0.39 is 0 Å². The molecule has 0 unspecified atom stereocenters. The van der Waals surface area contributed by atoms with E-state index in [0.29, 0.717) is 0 Å². The fraction of sp³-hybridized carbons (Fsp3) is 0.643. The fourth-order valence-corrected chi connectivity index (χ4v) is 2.22. The number of hydrogen-bond donors (Lipinski definition) is 1. The highest BCUT2D eigenvalue weighted by Crippen LogP contribution is 2.28. The van der Waals surface area contributed by atoms with Crippen molar-refractivity contribution < 1.29 is 0 Å². The van der Waals surface area contributed by atoms with Gasteiger partial charge in [-0.15, -0.1) is 0 Å². The lowest BCUT2D eigenvalue weighted by Gasteiger charge is -2.31. The van der Waals surface area contributed by atoms with Gasteiger partial charge >= 0.3 is 0 Å². The average Bonchev–Trinajstić information content (AvgIpc) is 2.31. The lowest BCUT2D eigenvalue weighted by atomic mass is 9.85. The first-order chi connectivity index (χ1) is 8.29. The zero-order valence-corrected chi connectivity index (χ0v) is 10.9. The van der Waals surface area contributed by atoms with Crippen LogP contribution >= 0.6 is 0 Å². The van der Waals surface area contributed by atoms with Gasteiger partial charge < -0.3 is 10.2 Å². The van der Waals surface area contributed by atoms with Crippen LogP contribution in [-0.2, 0) is 6.54 Å². The molecule has 1 aromatic rings. The molecule has 1 aliphatic rings. The third-order valence-electron chi connectivity index (χ3n) is 3.55. The van der Waals surface area contributed by atoms with Gasteiger partial charge in [0.25, 0.3) is 0 Å². The SMILES string of the molecule is CCNCc1cc(N(C)CC2CCC2)ccn1. The zero-order chi connectivity index (χ0) is 12.1. The average molecular weight is 233 g/mol. The summed E-state index contributed by atoms with van der Waals surface area (Å²) >= 11 is 0. The second-order valence-corrected chi connectivity index (χ2v) is 4.96. The Kier molecular flexibility index (Phi) is 4.37. The Morgan fingerprint density at radius 2 is 2.29 bits per heavy atom. The van der Waals surface area contributed by atoms with Gasteiger partial charge in [-0.3, -0.25) is 4.98 Å². The topological polar surface area (TPSA) is 28.2 Å². The molecule has 0 saturated heterocycles. The molecule has 1 aliphatic carbocycles. The molecule has 94 valence electrons. The largest absolute Gasteiger partial charge is 0.374 e. The van der Waals surface area contributed by atoms with Crippen molar-refractivity contribution in [1.29, 1.82) is 0 Å². The van der Waals surface area contributed by atoms with Crippen molar-refractivity contribution in [2.24, 2.45) is 5.92 Å². The fourth-order valence-electron chi connectivity index (χ4n) is 2.22. The van der Waals surface area contributed by atoms with E-state index in [4.69, 9.17) is 0 Å². The zero-order valence-electron chi connectivity index (χ0n) is 10.9. The van der Waals surface area contributed by atoms with Crippen LogP contribution in [-0.4, -0.2) is 25.1 Å². The van der Waals surface area contributed by atoms with Crippen molar-refractivity contribution in [3.05, 3.63) is 24.0 Å². The molecule has 0 bridgehead atoms. The Balaban J connectivity index is 1.93. The Bertz CT molecular complexity index is 347. The Morgan fingerprint density at radius 3 is 2.94 bits per heavy atom. The van der Waals surface area contributed by atoms with Gasteiger partial charge in [-0.2, -0.15) is 0 Å². The van der Waals surface area contributed by atoms with E-state index in [0.717, 1.165) is 24.7 Å². The molecule has 1 aromatic heterocycles. The first kappa shape index (κ1) is 12.4. The maximum absolute atomic E-state index is 4.38. The molecule has 0 aliphatic heterocycles. The maximum atomic E-state index is 4.38. The molecule has 0 amide bonds. The lowest BCUT2D eigenvalue weighted by Crippen LogP contribution is -2.29. The van der Waals surface area contributed by atoms with Gasteiger partial charge in [0, 0.05) is 32.0 Å². The first-order valence-corrected chi connectivity index (χ1v) is 6.66. The number of aromatic nitrogens is 1. The summed E-state index contributed by atoms with van der Waals surface area (Å²) in [4.78, 5) is 6.75. The predicted octanol–water partition coefficient (Wildman–Crippen LogP) is 2.43. The van der Waals surface area contributed by atoms with E-state index in [1.807, 2.05) is 6.20 Å². The molecule has 0 spiro atoms. The smallest absolute Gasteiger partial charge is 0.0562 e. The summed E-state index contributed by atoms with van der Waals surface area (Å²) in [5.41, 5.74) is 2.42. The molecule has 3 heteroatoms. The van der Waals surface area contributed by atoms with Crippen LogP contribution in [0.15, 0.2) is 18.3 Å². The maximum Gasteiger partial charge on any atom is 0.0562 e. The number of rotatable bonds is 6. The molecule has 1 heterocycles. The summed E-state index contributed by atoms with van der Waals surface area (Å²) in [6.45, 7) is 5.16. The van der Waals surface area contributed by atoms with Crippen molar-refractivity contribution in [2.45, 2.75) is 32.7 Å². The third-order valence-corrected chi connectivity index (χ3v) is 3.55. The second-order valence-electron chi connectivity index (χ2n) is 4.96. The van der Waals surface area contributed by atoms with Crippen LogP contribution in [0.25, 0.3) is 0 Å². The molecule has 0 atom stereocenters. The first-order valence-electron chi connectivity index (χ1n) is 6.66.